The fourth-order valence-corrected chi connectivity index (χ4v) is 2.88. The third-order valence-corrected chi connectivity index (χ3v) is 4.10. The molecule has 2 rings (SSSR count). The molecule has 116 valence electrons. The molecule has 0 spiro atoms. The first-order chi connectivity index (χ1) is 9.93. The van der Waals surface area contributed by atoms with Crippen molar-refractivity contribution in [3.8, 4) is 0 Å². The van der Waals surface area contributed by atoms with Crippen LogP contribution < -0.4 is 0 Å². The van der Waals surface area contributed by atoms with E-state index in [1.54, 1.807) is 6.92 Å². The maximum Gasteiger partial charge on any atom is 0.306 e. The summed E-state index contributed by atoms with van der Waals surface area (Å²) in [7, 11) is 1.23. The lowest BCUT2D eigenvalue weighted by Crippen LogP contribution is -2.52. The Bertz CT molecular complexity index is 478. The highest BCUT2D eigenvalue weighted by Gasteiger charge is 2.49. The maximum atomic E-state index is 14.2. The Hall–Kier alpha value is -1.49. The number of methoxy groups -OCH3 is 1. The zero-order chi connectivity index (χ0) is 15.5. The van der Waals surface area contributed by atoms with Crippen LogP contribution in [0.25, 0.3) is 0 Å². The lowest BCUT2D eigenvalue weighted by atomic mass is 9.83. The molecule has 1 fully saturated rings. The number of halogens is 2. The van der Waals surface area contributed by atoms with Gasteiger partial charge in [0.2, 0.25) is 0 Å². The van der Waals surface area contributed by atoms with Crippen molar-refractivity contribution in [2.45, 2.75) is 25.8 Å². The zero-order valence-corrected chi connectivity index (χ0v) is 12.4. The predicted octanol–water partition coefficient (Wildman–Crippen LogP) is 2.95. The Morgan fingerprint density at radius 2 is 2.00 bits per heavy atom. The molecular weight excluding hydrogens is 276 g/mol. The second-order valence-corrected chi connectivity index (χ2v) is 5.73. The highest BCUT2D eigenvalue weighted by molar-refractivity contribution is 5.69. The number of ether oxygens (including phenoxy) is 1. The summed E-state index contributed by atoms with van der Waals surface area (Å²) in [4.78, 5) is 13.4. The standard InChI is InChI=1S/C16H21F2NO2/c1-12-9-19(10-13-6-4-3-5-7-13)11-14(16(12,17)18)8-15(20)21-2/h3-7,12,14H,8-11H2,1-2H3. The number of likely N-dealkylation sites (tertiary alicyclic amines) is 1. The number of hydrogen-bond donors (Lipinski definition) is 0. The minimum Gasteiger partial charge on any atom is -0.469 e. The van der Waals surface area contributed by atoms with Crippen LogP contribution in [0.5, 0.6) is 0 Å². The maximum absolute atomic E-state index is 14.2. The Morgan fingerprint density at radius 1 is 1.33 bits per heavy atom. The largest absolute Gasteiger partial charge is 0.469 e. The van der Waals surface area contributed by atoms with Crippen molar-refractivity contribution in [3.05, 3.63) is 35.9 Å². The van der Waals surface area contributed by atoms with Gasteiger partial charge in [-0.05, 0) is 5.56 Å². The van der Waals surface area contributed by atoms with Crippen molar-refractivity contribution in [2.75, 3.05) is 20.2 Å². The van der Waals surface area contributed by atoms with Gasteiger partial charge in [-0.2, -0.15) is 0 Å². The van der Waals surface area contributed by atoms with E-state index in [0.717, 1.165) is 5.56 Å². The molecule has 1 aliphatic heterocycles. The Morgan fingerprint density at radius 3 is 2.62 bits per heavy atom. The van der Waals surface area contributed by atoms with E-state index in [-0.39, 0.29) is 13.0 Å². The van der Waals surface area contributed by atoms with E-state index in [4.69, 9.17) is 0 Å². The van der Waals surface area contributed by atoms with Crippen molar-refractivity contribution in [1.82, 2.24) is 4.90 Å². The van der Waals surface area contributed by atoms with Crippen LogP contribution in [0.3, 0.4) is 0 Å². The summed E-state index contributed by atoms with van der Waals surface area (Å²) in [5, 5.41) is 0. The van der Waals surface area contributed by atoms with Crippen LogP contribution in [0.15, 0.2) is 30.3 Å². The van der Waals surface area contributed by atoms with Gasteiger partial charge in [0.05, 0.1) is 13.5 Å². The van der Waals surface area contributed by atoms with Crippen LogP contribution in [-0.4, -0.2) is 37.0 Å². The van der Waals surface area contributed by atoms with Gasteiger partial charge in [0.25, 0.3) is 5.92 Å². The van der Waals surface area contributed by atoms with E-state index in [9.17, 15) is 13.6 Å². The first-order valence-corrected chi connectivity index (χ1v) is 7.14. The second kappa shape index (κ2) is 6.52. The summed E-state index contributed by atoms with van der Waals surface area (Å²) in [6.45, 7) is 2.71. The summed E-state index contributed by atoms with van der Waals surface area (Å²) >= 11 is 0. The fourth-order valence-electron chi connectivity index (χ4n) is 2.88. The summed E-state index contributed by atoms with van der Waals surface area (Å²) in [6, 6.07) is 9.75. The van der Waals surface area contributed by atoms with Crippen molar-refractivity contribution < 1.29 is 18.3 Å². The number of piperidine rings is 1. The minimum atomic E-state index is -2.83. The molecule has 0 aliphatic carbocycles. The van der Waals surface area contributed by atoms with Crippen LogP contribution in [0.4, 0.5) is 8.78 Å². The quantitative estimate of drug-likeness (QED) is 0.800. The molecule has 0 bridgehead atoms. The van der Waals surface area contributed by atoms with E-state index >= 15 is 0 Å². The van der Waals surface area contributed by atoms with Gasteiger partial charge in [-0.3, -0.25) is 9.69 Å². The Balaban J connectivity index is 2.07. The van der Waals surface area contributed by atoms with E-state index in [1.165, 1.54) is 7.11 Å². The molecule has 3 nitrogen and oxygen atoms in total. The zero-order valence-electron chi connectivity index (χ0n) is 12.4. The number of alkyl halides is 2. The average molecular weight is 297 g/mol. The number of carbonyl (C=O) groups is 1. The molecule has 1 aromatic carbocycles. The first-order valence-electron chi connectivity index (χ1n) is 7.14. The number of benzene rings is 1. The van der Waals surface area contributed by atoms with Gasteiger partial charge in [-0.25, -0.2) is 8.78 Å². The molecule has 1 aliphatic rings. The molecule has 2 atom stereocenters. The average Bonchev–Trinajstić information content (AvgIpc) is 2.45. The summed E-state index contributed by atoms with van der Waals surface area (Å²) in [5.41, 5.74) is 1.09. The predicted molar refractivity (Wildman–Crippen MR) is 76.0 cm³/mol. The van der Waals surface area contributed by atoms with E-state index in [1.807, 2.05) is 35.2 Å². The molecule has 1 saturated heterocycles. The fraction of sp³-hybridized carbons (Fsp3) is 0.562. The van der Waals surface area contributed by atoms with E-state index < -0.39 is 23.7 Å². The first kappa shape index (κ1) is 15.9. The summed E-state index contributed by atoms with van der Waals surface area (Å²) in [5.74, 6) is -5.17. The number of rotatable bonds is 4. The van der Waals surface area contributed by atoms with Gasteiger partial charge < -0.3 is 4.74 Å². The second-order valence-electron chi connectivity index (χ2n) is 5.73. The molecule has 0 aromatic heterocycles. The van der Waals surface area contributed by atoms with E-state index in [0.29, 0.717) is 13.1 Å². The molecule has 1 heterocycles. The summed E-state index contributed by atoms with van der Waals surface area (Å²) < 4.78 is 33.0. The van der Waals surface area contributed by atoms with Gasteiger partial charge in [0, 0.05) is 31.5 Å². The van der Waals surface area contributed by atoms with Gasteiger partial charge >= 0.3 is 5.97 Å². The van der Waals surface area contributed by atoms with E-state index in [2.05, 4.69) is 4.74 Å². The SMILES string of the molecule is COC(=O)CC1CN(Cc2ccccc2)CC(C)C1(F)F. The molecule has 2 unspecified atom stereocenters. The highest BCUT2D eigenvalue weighted by Crippen LogP contribution is 2.40. The van der Waals surface area contributed by atoms with Crippen molar-refractivity contribution in [1.29, 1.82) is 0 Å². The molecule has 0 radical (unpaired) electrons. The van der Waals surface area contributed by atoms with Gasteiger partial charge in [0.15, 0.2) is 0 Å². The lowest BCUT2D eigenvalue weighted by molar-refractivity contribution is -0.165. The molecule has 0 N–H and O–H groups in total. The Labute approximate surface area is 123 Å². The third-order valence-electron chi connectivity index (χ3n) is 4.10. The van der Waals surface area contributed by atoms with Crippen LogP contribution in [-0.2, 0) is 16.1 Å². The number of carbonyl (C=O) groups excluding carboxylic acids is 1. The summed E-state index contributed by atoms with van der Waals surface area (Å²) in [6.07, 6.45) is -0.237. The molecular formula is C16H21F2NO2. The Kier molecular flexibility index (Phi) is 4.93. The lowest BCUT2D eigenvalue weighted by Gasteiger charge is -2.42. The topological polar surface area (TPSA) is 29.5 Å². The normalized spacial score (nSPS) is 25.5. The van der Waals surface area contributed by atoms with Crippen molar-refractivity contribution >= 4 is 5.97 Å². The van der Waals surface area contributed by atoms with Crippen molar-refractivity contribution in [3.63, 3.8) is 0 Å². The van der Waals surface area contributed by atoms with Gasteiger partial charge in [-0.15, -0.1) is 0 Å². The monoisotopic (exact) mass is 297 g/mol. The molecule has 0 amide bonds. The highest BCUT2D eigenvalue weighted by atomic mass is 19.3. The van der Waals surface area contributed by atoms with Crippen molar-refractivity contribution in [2.24, 2.45) is 11.8 Å². The molecule has 21 heavy (non-hydrogen) atoms. The third kappa shape index (κ3) is 3.79. The van der Waals surface area contributed by atoms with Crippen LogP contribution >= 0.6 is 0 Å². The van der Waals surface area contributed by atoms with Gasteiger partial charge in [-0.1, -0.05) is 37.3 Å². The van der Waals surface area contributed by atoms with Crippen LogP contribution in [0, 0.1) is 11.8 Å². The molecule has 0 saturated carbocycles. The number of esters is 1. The van der Waals surface area contributed by atoms with Crippen LogP contribution in [0.2, 0.25) is 0 Å². The minimum absolute atomic E-state index is 0.210. The molecule has 5 heteroatoms. The number of hydrogen-bond acceptors (Lipinski definition) is 3. The number of nitrogens with zero attached hydrogens (tertiary/aromatic N) is 1. The van der Waals surface area contributed by atoms with Crippen LogP contribution in [0.1, 0.15) is 18.9 Å². The molecule has 1 aromatic rings. The van der Waals surface area contributed by atoms with Gasteiger partial charge in [0.1, 0.15) is 0 Å². The smallest absolute Gasteiger partial charge is 0.306 e.